The molecule has 0 rings (SSSR count). The van der Waals surface area contributed by atoms with Crippen LogP contribution in [0.3, 0.4) is 0 Å². The van der Waals surface area contributed by atoms with Crippen molar-refractivity contribution in [2.45, 2.75) is 33.2 Å². The molecular weight excluding hydrogens is 226 g/mol. The SMILES string of the molecule is CC(=O)NNC(=O)CN(CC(=O)O)C(C)(C)C. The molecule has 0 heterocycles. The Labute approximate surface area is 100 Å². The van der Waals surface area contributed by atoms with Crippen LogP contribution < -0.4 is 10.9 Å². The highest BCUT2D eigenvalue weighted by Gasteiger charge is 2.25. The zero-order valence-corrected chi connectivity index (χ0v) is 10.5. The third-order valence-electron chi connectivity index (χ3n) is 1.99. The van der Waals surface area contributed by atoms with E-state index in [9.17, 15) is 14.4 Å². The minimum Gasteiger partial charge on any atom is -0.480 e. The molecule has 0 fully saturated rings. The van der Waals surface area contributed by atoms with Crippen molar-refractivity contribution in [3.8, 4) is 0 Å². The van der Waals surface area contributed by atoms with Crippen molar-refractivity contribution in [1.82, 2.24) is 15.8 Å². The number of carbonyl (C=O) groups is 3. The molecule has 3 N–H and O–H groups in total. The molecule has 0 saturated carbocycles. The summed E-state index contributed by atoms with van der Waals surface area (Å²) in [5, 5.41) is 8.74. The second-order valence-electron chi connectivity index (χ2n) is 4.65. The molecule has 7 nitrogen and oxygen atoms in total. The minimum absolute atomic E-state index is 0.101. The summed E-state index contributed by atoms with van der Waals surface area (Å²) in [4.78, 5) is 34.2. The highest BCUT2D eigenvalue weighted by atomic mass is 16.4. The van der Waals surface area contributed by atoms with E-state index >= 15 is 0 Å². The number of amides is 2. The largest absolute Gasteiger partial charge is 0.480 e. The van der Waals surface area contributed by atoms with E-state index in [2.05, 4.69) is 10.9 Å². The van der Waals surface area contributed by atoms with E-state index in [0.29, 0.717) is 0 Å². The predicted molar refractivity (Wildman–Crippen MR) is 60.9 cm³/mol. The molecule has 0 aliphatic heterocycles. The number of carboxylic acid groups (broad SMARTS) is 1. The molecule has 0 aromatic rings. The second-order valence-corrected chi connectivity index (χ2v) is 4.65. The van der Waals surface area contributed by atoms with Gasteiger partial charge in [-0.05, 0) is 20.8 Å². The van der Waals surface area contributed by atoms with Crippen molar-refractivity contribution in [3.63, 3.8) is 0 Å². The summed E-state index contributed by atoms with van der Waals surface area (Å²) in [5.41, 5.74) is 3.88. The molecular formula is C10H19N3O4. The number of carboxylic acids is 1. The summed E-state index contributed by atoms with van der Waals surface area (Å²) < 4.78 is 0. The first kappa shape index (κ1) is 15.4. The lowest BCUT2D eigenvalue weighted by molar-refractivity contribution is -0.140. The summed E-state index contributed by atoms with van der Waals surface area (Å²) in [6, 6.07) is 0. The van der Waals surface area contributed by atoms with Gasteiger partial charge in [0.25, 0.3) is 5.91 Å². The zero-order valence-electron chi connectivity index (χ0n) is 10.5. The van der Waals surface area contributed by atoms with Crippen LogP contribution in [0, 0.1) is 0 Å². The maximum atomic E-state index is 11.4. The van der Waals surface area contributed by atoms with Crippen molar-refractivity contribution in [2.75, 3.05) is 13.1 Å². The van der Waals surface area contributed by atoms with Crippen LogP contribution in [0.15, 0.2) is 0 Å². The third-order valence-corrected chi connectivity index (χ3v) is 1.99. The molecule has 0 aromatic heterocycles. The number of hydrogen-bond donors (Lipinski definition) is 3. The first-order chi connectivity index (χ1) is 7.62. The van der Waals surface area contributed by atoms with E-state index in [4.69, 9.17) is 5.11 Å². The number of aliphatic carboxylic acids is 1. The lowest BCUT2D eigenvalue weighted by atomic mass is 10.1. The second kappa shape index (κ2) is 6.19. The van der Waals surface area contributed by atoms with Gasteiger partial charge in [0.1, 0.15) is 0 Å². The molecule has 0 unspecified atom stereocenters. The Morgan fingerprint density at radius 3 is 2.00 bits per heavy atom. The van der Waals surface area contributed by atoms with Gasteiger partial charge >= 0.3 is 5.97 Å². The number of hydrazine groups is 1. The van der Waals surface area contributed by atoms with Crippen LogP contribution >= 0.6 is 0 Å². The normalized spacial score (nSPS) is 11.1. The van der Waals surface area contributed by atoms with Gasteiger partial charge in [-0.3, -0.25) is 30.1 Å². The highest BCUT2D eigenvalue weighted by Crippen LogP contribution is 2.11. The smallest absolute Gasteiger partial charge is 0.317 e. The Balaban J connectivity index is 4.38. The number of hydrogen-bond acceptors (Lipinski definition) is 4. The average Bonchev–Trinajstić information content (AvgIpc) is 2.11. The fourth-order valence-corrected chi connectivity index (χ4v) is 1.06. The van der Waals surface area contributed by atoms with Gasteiger partial charge in [0.05, 0.1) is 13.1 Å². The van der Waals surface area contributed by atoms with E-state index < -0.39 is 17.4 Å². The molecule has 0 saturated heterocycles. The molecule has 0 spiro atoms. The molecule has 0 atom stereocenters. The van der Waals surface area contributed by atoms with Crippen LogP contribution in [0.5, 0.6) is 0 Å². The number of rotatable bonds is 4. The topological polar surface area (TPSA) is 98.7 Å². The van der Waals surface area contributed by atoms with Gasteiger partial charge < -0.3 is 5.11 Å². The highest BCUT2D eigenvalue weighted by molar-refractivity contribution is 5.82. The van der Waals surface area contributed by atoms with E-state index in [1.165, 1.54) is 11.8 Å². The molecule has 0 aliphatic carbocycles. The van der Waals surface area contributed by atoms with Gasteiger partial charge in [0, 0.05) is 12.5 Å². The van der Waals surface area contributed by atoms with Crippen molar-refractivity contribution in [3.05, 3.63) is 0 Å². The Bertz CT molecular complexity index is 309. The monoisotopic (exact) mass is 245 g/mol. The number of nitrogens with zero attached hydrogens (tertiary/aromatic N) is 1. The molecule has 0 aliphatic rings. The maximum Gasteiger partial charge on any atom is 0.317 e. The van der Waals surface area contributed by atoms with E-state index in [1.807, 2.05) is 20.8 Å². The van der Waals surface area contributed by atoms with Crippen LogP contribution in [0.1, 0.15) is 27.7 Å². The summed E-state index contributed by atoms with van der Waals surface area (Å²) in [6.07, 6.45) is 0. The van der Waals surface area contributed by atoms with Gasteiger partial charge in [-0.1, -0.05) is 0 Å². The first-order valence-corrected chi connectivity index (χ1v) is 5.15. The minimum atomic E-state index is -1.01. The van der Waals surface area contributed by atoms with Gasteiger partial charge in [-0.25, -0.2) is 0 Å². The summed E-state index contributed by atoms with van der Waals surface area (Å²) in [5.74, 6) is -1.86. The lowest BCUT2D eigenvalue weighted by Crippen LogP contribution is -2.52. The van der Waals surface area contributed by atoms with Gasteiger partial charge in [-0.2, -0.15) is 0 Å². The van der Waals surface area contributed by atoms with Crippen molar-refractivity contribution in [1.29, 1.82) is 0 Å². The van der Waals surface area contributed by atoms with Gasteiger partial charge in [-0.15, -0.1) is 0 Å². The van der Waals surface area contributed by atoms with Gasteiger partial charge in [0.15, 0.2) is 0 Å². The van der Waals surface area contributed by atoms with E-state index in [-0.39, 0.29) is 19.0 Å². The molecule has 0 bridgehead atoms. The lowest BCUT2D eigenvalue weighted by Gasteiger charge is -2.33. The van der Waals surface area contributed by atoms with E-state index in [0.717, 1.165) is 0 Å². The summed E-state index contributed by atoms with van der Waals surface area (Å²) in [6.45, 7) is 6.34. The summed E-state index contributed by atoms with van der Waals surface area (Å²) in [7, 11) is 0. The fourth-order valence-electron chi connectivity index (χ4n) is 1.06. The molecule has 0 aromatic carbocycles. The van der Waals surface area contributed by atoms with Crippen LogP contribution in [0.4, 0.5) is 0 Å². The predicted octanol–water partition coefficient (Wildman–Crippen LogP) is -0.661. The van der Waals surface area contributed by atoms with E-state index in [1.54, 1.807) is 0 Å². The Morgan fingerprint density at radius 1 is 1.12 bits per heavy atom. The third kappa shape index (κ3) is 7.29. The maximum absolute atomic E-state index is 11.4. The van der Waals surface area contributed by atoms with Crippen molar-refractivity contribution in [2.24, 2.45) is 0 Å². The quantitative estimate of drug-likeness (QED) is 0.571. The molecule has 17 heavy (non-hydrogen) atoms. The van der Waals surface area contributed by atoms with Crippen LogP contribution in [0.25, 0.3) is 0 Å². The molecule has 7 heteroatoms. The van der Waals surface area contributed by atoms with Crippen LogP contribution in [-0.4, -0.2) is 46.4 Å². The molecule has 0 radical (unpaired) electrons. The number of nitrogens with one attached hydrogen (secondary N) is 2. The summed E-state index contributed by atoms with van der Waals surface area (Å²) >= 11 is 0. The Hall–Kier alpha value is -1.63. The van der Waals surface area contributed by atoms with Gasteiger partial charge in [0.2, 0.25) is 5.91 Å². The average molecular weight is 245 g/mol. The van der Waals surface area contributed by atoms with Crippen LogP contribution in [0.2, 0.25) is 0 Å². The van der Waals surface area contributed by atoms with Crippen LogP contribution in [-0.2, 0) is 14.4 Å². The zero-order chi connectivity index (χ0) is 13.6. The van der Waals surface area contributed by atoms with Crippen molar-refractivity contribution >= 4 is 17.8 Å². The number of carbonyl (C=O) groups excluding carboxylic acids is 2. The molecule has 98 valence electrons. The standard InChI is InChI=1S/C10H19N3O4/c1-7(14)11-12-8(15)5-13(6-9(16)17)10(2,3)4/h5-6H2,1-4H3,(H,11,14)(H,12,15)(H,16,17). The van der Waals surface area contributed by atoms with Crippen molar-refractivity contribution < 1.29 is 19.5 Å². The Kier molecular flexibility index (Phi) is 5.60. The molecule has 2 amide bonds. The first-order valence-electron chi connectivity index (χ1n) is 5.15. The fraction of sp³-hybridized carbons (Fsp3) is 0.700. The Morgan fingerprint density at radius 2 is 1.65 bits per heavy atom.